The van der Waals surface area contributed by atoms with Gasteiger partial charge in [-0.2, -0.15) is 0 Å². The summed E-state index contributed by atoms with van der Waals surface area (Å²) in [5.41, 5.74) is 3.18. The molecule has 1 fully saturated rings. The Labute approximate surface area is 216 Å². The Morgan fingerprint density at radius 1 is 1.03 bits per heavy atom. The van der Waals surface area contributed by atoms with Gasteiger partial charge in [-0.1, -0.05) is 17.4 Å². The van der Waals surface area contributed by atoms with E-state index in [0.29, 0.717) is 22.2 Å². The van der Waals surface area contributed by atoms with Crippen LogP contribution in [0.15, 0.2) is 60.2 Å². The van der Waals surface area contributed by atoms with E-state index in [-0.39, 0.29) is 11.1 Å². The van der Waals surface area contributed by atoms with Gasteiger partial charge in [0.15, 0.2) is 5.13 Å². The van der Waals surface area contributed by atoms with Crippen LogP contribution in [0, 0.1) is 19.7 Å². The molecule has 2 heterocycles. The van der Waals surface area contributed by atoms with Gasteiger partial charge in [-0.3, -0.25) is 14.5 Å². The molecule has 0 bridgehead atoms. The minimum absolute atomic E-state index is 0.157. The number of aryl methyl sites for hydroxylation is 2. The molecular formula is C28H23FN2O5S. The number of benzene rings is 3. The molecule has 1 aromatic heterocycles. The van der Waals surface area contributed by atoms with Gasteiger partial charge in [0.25, 0.3) is 5.78 Å². The number of aliphatic hydroxyl groups excluding tert-OH is 1. The van der Waals surface area contributed by atoms with Gasteiger partial charge >= 0.3 is 5.91 Å². The third-order valence-corrected chi connectivity index (χ3v) is 7.32. The maximum Gasteiger partial charge on any atom is 0.301 e. The minimum atomic E-state index is -1.07. The highest BCUT2D eigenvalue weighted by Gasteiger charge is 2.49. The predicted octanol–water partition coefficient (Wildman–Crippen LogP) is 5.70. The lowest BCUT2D eigenvalue weighted by Gasteiger charge is -2.25. The topological polar surface area (TPSA) is 89.0 Å². The first-order valence-electron chi connectivity index (χ1n) is 11.4. The molecule has 1 saturated heterocycles. The lowest BCUT2D eigenvalue weighted by molar-refractivity contribution is -0.132. The summed E-state index contributed by atoms with van der Waals surface area (Å²) in [4.78, 5) is 33.0. The summed E-state index contributed by atoms with van der Waals surface area (Å²) >= 11 is 1.28. The standard InChI is InChI=1S/C28H23FN2O5S/c1-14-11-15(2)23-21(12-14)37-28(30-23)31-24(19-13-18(35-3)9-10-20(19)36-4)22(26(33)27(31)34)25(32)16-5-7-17(29)8-6-16/h5-13,24,32H,1-4H3/t24-/m1/s1. The molecule has 0 saturated carbocycles. The number of hydrogen-bond donors (Lipinski definition) is 1. The van der Waals surface area contributed by atoms with Crippen LogP contribution < -0.4 is 14.4 Å². The molecule has 5 rings (SSSR count). The second-order valence-corrected chi connectivity index (χ2v) is 9.72. The van der Waals surface area contributed by atoms with Crippen LogP contribution in [0.1, 0.15) is 28.3 Å². The van der Waals surface area contributed by atoms with Crippen molar-refractivity contribution in [2.24, 2.45) is 0 Å². The number of anilines is 1. The highest BCUT2D eigenvalue weighted by Crippen LogP contribution is 2.47. The number of carbonyl (C=O) groups excluding carboxylic acids is 2. The molecule has 1 atom stereocenters. The van der Waals surface area contributed by atoms with Gasteiger partial charge in [-0.05, 0) is 73.5 Å². The first-order chi connectivity index (χ1) is 17.7. The maximum atomic E-state index is 13.6. The lowest BCUT2D eigenvalue weighted by atomic mass is 9.94. The van der Waals surface area contributed by atoms with Crippen molar-refractivity contribution in [3.8, 4) is 11.5 Å². The molecule has 37 heavy (non-hydrogen) atoms. The molecule has 7 nitrogen and oxygen atoms in total. The summed E-state index contributed by atoms with van der Waals surface area (Å²) in [5, 5.41) is 11.6. The molecule has 1 aliphatic rings. The van der Waals surface area contributed by atoms with Crippen molar-refractivity contribution < 1.29 is 28.6 Å². The van der Waals surface area contributed by atoms with Gasteiger partial charge in [-0.25, -0.2) is 9.37 Å². The number of ether oxygens (including phenoxy) is 2. The Hall–Kier alpha value is -4.24. The van der Waals surface area contributed by atoms with E-state index in [1.807, 2.05) is 26.0 Å². The molecule has 1 N–H and O–H groups in total. The van der Waals surface area contributed by atoms with Crippen LogP contribution in [-0.4, -0.2) is 36.0 Å². The summed E-state index contributed by atoms with van der Waals surface area (Å²) in [6.07, 6.45) is 0. The molecule has 0 radical (unpaired) electrons. The van der Waals surface area contributed by atoms with Crippen LogP contribution in [0.25, 0.3) is 16.0 Å². The number of hydrogen-bond acceptors (Lipinski definition) is 7. The normalized spacial score (nSPS) is 17.0. The van der Waals surface area contributed by atoms with Gasteiger partial charge in [0.05, 0.1) is 30.0 Å². The molecule has 0 aliphatic carbocycles. The summed E-state index contributed by atoms with van der Waals surface area (Å²) in [6.45, 7) is 3.91. The van der Waals surface area contributed by atoms with Gasteiger partial charge < -0.3 is 14.6 Å². The highest BCUT2D eigenvalue weighted by atomic mass is 32.1. The Morgan fingerprint density at radius 3 is 2.43 bits per heavy atom. The zero-order chi connectivity index (χ0) is 26.4. The number of halogens is 1. The van der Waals surface area contributed by atoms with Crippen molar-refractivity contribution in [1.29, 1.82) is 0 Å². The van der Waals surface area contributed by atoms with Crippen molar-refractivity contribution in [2.75, 3.05) is 19.1 Å². The van der Waals surface area contributed by atoms with Crippen molar-refractivity contribution in [3.05, 3.63) is 88.2 Å². The second-order valence-electron chi connectivity index (χ2n) is 8.71. The number of amides is 1. The number of aromatic nitrogens is 1. The quantitative estimate of drug-likeness (QED) is 0.207. The summed E-state index contributed by atoms with van der Waals surface area (Å²) in [6, 6.07) is 13.0. The van der Waals surface area contributed by atoms with Crippen molar-refractivity contribution in [2.45, 2.75) is 19.9 Å². The van der Waals surface area contributed by atoms with E-state index in [2.05, 4.69) is 0 Å². The smallest absolute Gasteiger partial charge is 0.301 e. The van der Waals surface area contributed by atoms with Crippen molar-refractivity contribution in [3.63, 3.8) is 0 Å². The van der Waals surface area contributed by atoms with Crippen LogP contribution in [-0.2, 0) is 9.59 Å². The number of aliphatic hydroxyl groups is 1. The lowest BCUT2D eigenvalue weighted by Crippen LogP contribution is -2.29. The van der Waals surface area contributed by atoms with Gasteiger partial charge in [0.2, 0.25) is 0 Å². The van der Waals surface area contributed by atoms with E-state index in [0.717, 1.165) is 21.3 Å². The molecule has 9 heteroatoms. The number of fused-ring (bicyclic) bond motifs is 1. The maximum absolute atomic E-state index is 13.6. The largest absolute Gasteiger partial charge is 0.507 e. The van der Waals surface area contributed by atoms with Crippen LogP contribution in [0.4, 0.5) is 9.52 Å². The highest BCUT2D eigenvalue weighted by molar-refractivity contribution is 7.22. The first kappa shape index (κ1) is 24.5. The number of carbonyl (C=O) groups is 2. The average Bonchev–Trinajstić information content (AvgIpc) is 3.42. The molecule has 3 aromatic carbocycles. The van der Waals surface area contributed by atoms with Crippen molar-refractivity contribution in [1.82, 2.24) is 4.98 Å². The van der Waals surface area contributed by atoms with Gasteiger partial charge in [0.1, 0.15) is 29.1 Å². The zero-order valence-electron chi connectivity index (χ0n) is 20.5. The summed E-state index contributed by atoms with van der Waals surface area (Å²) in [5.74, 6) is -1.79. The predicted molar refractivity (Wildman–Crippen MR) is 140 cm³/mol. The summed E-state index contributed by atoms with van der Waals surface area (Å²) in [7, 11) is 2.97. The number of rotatable bonds is 5. The van der Waals surface area contributed by atoms with Crippen LogP contribution >= 0.6 is 11.3 Å². The van der Waals surface area contributed by atoms with Crippen LogP contribution in [0.2, 0.25) is 0 Å². The zero-order valence-corrected chi connectivity index (χ0v) is 21.4. The third kappa shape index (κ3) is 4.11. The fourth-order valence-corrected chi connectivity index (χ4v) is 5.77. The van der Waals surface area contributed by atoms with Crippen LogP contribution in [0.3, 0.4) is 0 Å². The number of nitrogens with zero attached hydrogens (tertiary/aromatic N) is 2. The minimum Gasteiger partial charge on any atom is -0.507 e. The van der Waals surface area contributed by atoms with Crippen LogP contribution in [0.5, 0.6) is 11.5 Å². The molecule has 4 aromatic rings. The van der Waals surface area contributed by atoms with Crippen molar-refractivity contribution >= 4 is 44.1 Å². The number of Topliss-reactive ketones (excluding diaryl/α,β-unsaturated/α-hetero) is 1. The first-order valence-corrected chi connectivity index (χ1v) is 12.2. The molecule has 188 valence electrons. The van der Waals surface area contributed by atoms with E-state index < -0.39 is 29.3 Å². The number of methoxy groups -OCH3 is 2. The molecular weight excluding hydrogens is 495 g/mol. The van der Waals surface area contributed by atoms with E-state index in [1.165, 1.54) is 54.7 Å². The van der Waals surface area contributed by atoms with E-state index in [9.17, 15) is 19.1 Å². The number of ketones is 1. The van der Waals surface area contributed by atoms with Gasteiger partial charge in [-0.15, -0.1) is 0 Å². The van der Waals surface area contributed by atoms with E-state index >= 15 is 0 Å². The Kier molecular flexibility index (Phi) is 6.16. The number of thiazole rings is 1. The SMILES string of the molecule is COc1ccc(OC)c([C@@H]2C(=C(O)c3ccc(F)cc3)C(=O)C(=O)N2c2nc3c(C)cc(C)cc3s2)c1. The molecule has 0 unspecified atom stereocenters. The Balaban J connectivity index is 1.80. The monoisotopic (exact) mass is 518 g/mol. The molecule has 0 spiro atoms. The third-order valence-electron chi connectivity index (χ3n) is 6.32. The summed E-state index contributed by atoms with van der Waals surface area (Å²) < 4.78 is 25.4. The Morgan fingerprint density at radius 2 is 1.76 bits per heavy atom. The van der Waals surface area contributed by atoms with Gasteiger partial charge in [0, 0.05) is 11.1 Å². The Bertz CT molecular complexity index is 1590. The average molecular weight is 519 g/mol. The molecule has 1 aliphatic heterocycles. The van der Waals surface area contributed by atoms with E-state index in [4.69, 9.17) is 14.5 Å². The molecule has 1 amide bonds. The fourth-order valence-electron chi connectivity index (χ4n) is 4.60. The fraction of sp³-hybridized carbons (Fsp3) is 0.179. The second kappa shape index (κ2) is 9.33. The van der Waals surface area contributed by atoms with E-state index in [1.54, 1.807) is 18.2 Å².